The molecule has 10 heteroatoms. The van der Waals surface area contributed by atoms with Crippen LogP contribution in [0.15, 0.2) is 23.3 Å². The van der Waals surface area contributed by atoms with Gasteiger partial charge in [0.05, 0.1) is 25.0 Å². The van der Waals surface area contributed by atoms with Crippen LogP contribution >= 0.6 is 0 Å². The number of nitrogens with two attached hydrogens (primary N) is 1. The molecule has 1 fully saturated rings. The van der Waals surface area contributed by atoms with Crippen LogP contribution < -0.4 is 11.2 Å². The van der Waals surface area contributed by atoms with Crippen molar-refractivity contribution in [2.75, 3.05) is 13.2 Å². The molecule has 2 amide bonds. The predicted octanol–water partition coefficient (Wildman–Crippen LogP) is 3.07. The summed E-state index contributed by atoms with van der Waals surface area (Å²) in [5.74, 6) is -3.58. The molecule has 4 rings (SSSR count). The molecule has 9 nitrogen and oxygen atoms in total. The number of carbonyl (C=O) groups excluding carboxylic acids is 3. The van der Waals surface area contributed by atoms with Gasteiger partial charge in [0.2, 0.25) is 0 Å². The summed E-state index contributed by atoms with van der Waals surface area (Å²) in [5.41, 5.74) is 9.51. The minimum Gasteiger partial charge on any atom is -0.508 e. The molecule has 33 heavy (non-hydrogen) atoms. The van der Waals surface area contributed by atoms with Gasteiger partial charge in [-0.25, -0.2) is 10.2 Å². The zero-order valence-electron chi connectivity index (χ0n) is 19.6. The zero-order valence-corrected chi connectivity index (χ0v) is 20.6. The number of hydrogen-bond acceptors (Lipinski definition) is 7. The van der Waals surface area contributed by atoms with Crippen molar-refractivity contribution < 1.29 is 29.0 Å². The minimum absolute atomic E-state index is 0.0402. The number of esters is 2. The highest BCUT2D eigenvalue weighted by molar-refractivity contribution is 6.76. The molecule has 3 aliphatic carbocycles. The summed E-state index contributed by atoms with van der Waals surface area (Å²) >= 11 is 0. The SMILES string of the molecule is CCCOC(=O)[C@H]1[C@H](C(=O)OCC[Si](C)(C)C)C2C/C(=N\NC(N)=O)[C@H]1c1cc(O)ccc12. The van der Waals surface area contributed by atoms with Gasteiger partial charge in [0.25, 0.3) is 0 Å². The molecule has 3 aliphatic rings. The van der Waals surface area contributed by atoms with E-state index in [-0.39, 0.29) is 12.4 Å². The Kier molecular flexibility index (Phi) is 7.46. The monoisotopic (exact) mass is 475 g/mol. The van der Waals surface area contributed by atoms with Crippen molar-refractivity contribution in [1.29, 1.82) is 0 Å². The number of hydrogen-bond donors (Lipinski definition) is 3. The van der Waals surface area contributed by atoms with Crippen LogP contribution in [0.1, 0.15) is 42.7 Å². The first-order valence-electron chi connectivity index (χ1n) is 11.3. The Morgan fingerprint density at radius 3 is 2.42 bits per heavy atom. The van der Waals surface area contributed by atoms with E-state index >= 15 is 0 Å². The van der Waals surface area contributed by atoms with Crippen molar-refractivity contribution in [1.82, 2.24) is 5.43 Å². The van der Waals surface area contributed by atoms with Gasteiger partial charge in [-0.05, 0) is 42.1 Å². The van der Waals surface area contributed by atoms with E-state index in [1.165, 1.54) is 0 Å². The number of amides is 2. The Hall–Kier alpha value is -2.88. The van der Waals surface area contributed by atoms with Crippen LogP contribution in [0.4, 0.5) is 4.79 Å². The number of aromatic hydroxyl groups is 1. The largest absolute Gasteiger partial charge is 0.508 e. The summed E-state index contributed by atoms with van der Waals surface area (Å²) in [7, 11) is -1.41. The maximum absolute atomic E-state index is 13.3. The second-order valence-corrected chi connectivity index (χ2v) is 15.5. The Morgan fingerprint density at radius 1 is 1.12 bits per heavy atom. The second kappa shape index (κ2) is 9.94. The first-order chi connectivity index (χ1) is 15.5. The lowest BCUT2D eigenvalue weighted by Crippen LogP contribution is -2.51. The molecule has 1 aromatic rings. The van der Waals surface area contributed by atoms with E-state index in [1.54, 1.807) is 18.2 Å². The third-order valence-electron chi connectivity index (χ3n) is 6.17. The van der Waals surface area contributed by atoms with Gasteiger partial charge in [0.1, 0.15) is 5.75 Å². The number of rotatable bonds is 8. The first kappa shape index (κ1) is 24.8. The molecule has 0 aromatic heterocycles. The lowest BCUT2D eigenvalue weighted by molar-refractivity contribution is -0.163. The zero-order chi connectivity index (χ0) is 24.3. The molecular weight excluding hydrogens is 442 g/mol. The number of ether oxygens (including phenoxy) is 2. The van der Waals surface area contributed by atoms with Crippen molar-refractivity contribution in [3.8, 4) is 5.75 Å². The summed E-state index contributed by atoms with van der Waals surface area (Å²) in [6.45, 7) is 9.02. The number of hydrazone groups is 1. The predicted molar refractivity (Wildman–Crippen MR) is 126 cm³/mol. The fourth-order valence-corrected chi connectivity index (χ4v) is 5.39. The highest BCUT2D eigenvalue weighted by atomic mass is 28.3. The highest BCUT2D eigenvalue weighted by Gasteiger charge is 2.57. The lowest BCUT2D eigenvalue weighted by Gasteiger charge is -2.47. The average Bonchev–Trinajstić information content (AvgIpc) is 2.74. The van der Waals surface area contributed by atoms with E-state index in [2.05, 4.69) is 30.2 Å². The van der Waals surface area contributed by atoms with Crippen LogP contribution in [-0.4, -0.2) is 50.1 Å². The third-order valence-corrected chi connectivity index (χ3v) is 7.88. The third kappa shape index (κ3) is 5.55. The normalized spacial score (nSPS) is 24.8. The molecule has 0 spiro atoms. The summed E-state index contributed by atoms with van der Waals surface area (Å²) in [4.78, 5) is 37.8. The Morgan fingerprint density at radius 2 is 1.79 bits per heavy atom. The van der Waals surface area contributed by atoms with E-state index in [0.717, 1.165) is 11.6 Å². The molecule has 1 aromatic carbocycles. The Labute approximate surface area is 194 Å². The van der Waals surface area contributed by atoms with E-state index in [9.17, 15) is 19.5 Å². The number of nitrogens with zero attached hydrogens (tertiary/aromatic N) is 1. The minimum atomic E-state index is -1.41. The van der Waals surface area contributed by atoms with Crippen LogP contribution in [-0.2, 0) is 19.1 Å². The van der Waals surface area contributed by atoms with Gasteiger partial charge < -0.3 is 20.3 Å². The summed E-state index contributed by atoms with van der Waals surface area (Å²) in [6.07, 6.45) is 0.994. The van der Waals surface area contributed by atoms with Gasteiger partial charge in [-0.1, -0.05) is 32.6 Å². The van der Waals surface area contributed by atoms with E-state index in [4.69, 9.17) is 15.2 Å². The molecule has 180 valence electrons. The molecule has 4 N–H and O–H groups in total. The fraction of sp³-hybridized carbons (Fsp3) is 0.565. The van der Waals surface area contributed by atoms with Crippen LogP contribution in [0.2, 0.25) is 25.7 Å². The number of benzene rings is 1. The smallest absolute Gasteiger partial charge is 0.332 e. The number of carbonyl (C=O) groups is 3. The van der Waals surface area contributed by atoms with Crippen molar-refractivity contribution in [2.24, 2.45) is 22.7 Å². The van der Waals surface area contributed by atoms with E-state index in [1.807, 2.05) is 6.92 Å². The van der Waals surface area contributed by atoms with Crippen LogP contribution in [0, 0.1) is 11.8 Å². The summed E-state index contributed by atoms with van der Waals surface area (Å²) < 4.78 is 11.1. The molecule has 0 radical (unpaired) electrons. The first-order valence-corrected chi connectivity index (χ1v) is 15.0. The molecule has 0 aliphatic heterocycles. The van der Waals surface area contributed by atoms with E-state index < -0.39 is 49.7 Å². The second-order valence-electron chi connectivity index (χ2n) is 9.88. The number of phenolic OH excluding ortho intramolecular Hbond substituents is 1. The molecule has 1 unspecified atom stereocenters. The maximum Gasteiger partial charge on any atom is 0.332 e. The number of primary amides is 1. The van der Waals surface area contributed by atoms with Gasteiger partial charge in [-0.3, -0.25) is 9.59 Å². The van der Waals surface area contributed by atoms with E-state index in [0.29, 0.717) is 30.7 Å². The van der Waals surface area contributed by atoms with Crippen LogP contribution in [0.5, 0.6) is 5.75 Å². The average molecular weight is 476 g/mol. The van der Waals surface area contributed by atoms with Gasteiger partial charge >= 0.3 is 18.0 Å². The van der Waals surface area contributed by atoms with Crippen molar-refractivity contribution in [3.63, 3.8) is 0 Å². The molecular formula is C23H33N3O6Si. The van der Waals surface area contributed by atoms with Crippen molar-refractivity contribution >= 4 is 31.8 Å². The Bertz CT molecular complexity index is 958. The van der Waals surface area contributed by atoms with Crippen molar-refractivity contribution in [3.05, 3.63) is 29.3 Å². The fourth-order valence-electron chi connectivity index (χ4n) is 4.68. The Balaban J connectivity index is 2.03. The summed E-state index contributed by atoms with van der Waals surface area (Å²) in [5, 5.41) is 14.3. The molecule has 1 saturated carbocycles. The standard InChI is InChI=1S/C23H33N3O6Si/c1-5-8-31-22(29)20-18-15-11-13(27)6-7-14(15)16(12-17(18)25-26-23(24)30)19(20)21(28)32-9-10-33(2,3)4/h6-7,11,16,18-20,27H,5,8-10,12H2,1-4H3,(H3,24,26,30)/b25-17+/t16?,18-,19-,20-/m1/s1. The number of phenols is 1. The lowest BCUT2D eigenvalue weighted by atomic mass is 9.55. The number of fused-ring (bicyclic) bond motifs is 2. The van der Waals surface area contributed by atoms with Gasteiger partial charge in [-0.15, -0.1) is 0 Å². The molecule has 2 bridgehead atoms. The van der Waals surface area contributed by atoms with Gasteiger partial charge in [0, 0.05) is 25.6 Å². The maximum atomic E-state index is 13.3. The molecule has 4 atom stereocenters. The number of nitrogens with one attached hydrogen (secondary N) is 1. The quantitative estimate of drug-likeness (QED) is 0.300. The van der Waals surface area contributed by atoms with Gasteiger partial charge in [-0.2, -0.15) is 5.10 Å². The molecule has 0 saturated heterocycles. The summed E-state index contributed by atoms with van der Waals surface area (Å²) in [6, 6.07) is 4.92. The molecule has 0 heterocycles. The topological polar surface area (TPSA) is 140 Å². The van der Waals surface area contributed by atoms with Crippen molar-refractivity contribution in [2.45, 2.75) is 57.3 Å². The van der Waals surface area contributed by atoms with Crippen LogP contribution in [0.25, 0.3) is 0 Å². The highest BCUT2D eigenvalue weighted by Crippen LogP contribution is 2.55. The van der Waals surface area contributed by atoms with Gasteiger partial charge in [0.15, 0.2) is 0 Å². The number of urea groups is 1. The van der Waals surface area contributed by atoms with Crippen LogP contribution in [0.3, 0.4) is 0 Å².